The summed E-state index contributed by atoms with van der Waals surface area (Å²) in [6.07, 6.45) is -0.502. The molecule has 0 fully saturated rings. The molecule has 0 unspecified atom stereocenters. The number of hydrogen-bond donors (Lipinski definition) is 2. The van der Waals surface area contributed by atoms with E-state index in [4.69, 9.17) is 4.74 Å². The van der Waals surface area contributed by atoms with Crippen LogP contribution in [0.2, 0.25) is 0 Å². The van der Waals surface area contributed by atoms with Gasteiger partial charge in [0, 0.05) is 11.1 Å². The third-order valence-corrected chi connectivity index (χ3v) is 4.19. The van der Waals surface area contributed by atoms with Crippen LogP contribution >= 0.6 is 0 Å². The fourth-order valence-electron chi connectivity index (χ4n) is 2.66. The Labute approximate surface area is 129 Å². The van der Waals surface area contributed by atoms with Gasteiger partial charge in [-0.05, 0) is 18.1 Å². The number of benzene rings is 2. The lowest BCUT2D eigenvalue weighted by atomic mass is 9.93. The van der Waals surface area contributed by atoms with E-state index in [0.717, 1.165) is 22.3 Å². The van der Waals surface area contributed by atoms with Crippen LogP contribution in [0.5, 0.6) is 0 Å². The SMILES string of the molecule is CC(CO)(CO)C(=O)OC1c2ccccc2-c2ccccc21. The van der Waals surface area contributed by atoms with E-state index in [1.807, 2.05) is 48.5 Å². The Morgan fingerprint density at radius 1 is 1.00 bits per heavy atom. The Morgan fingerprint density at radius 2 is 1.45 bits per heavy atom. The molecule has 0 saturated carbocycles. The van der Waals surface area contributed by atoms with Crippen LogP contribution in [0.25, 0.3) is 11.1 Å². The van der Waals surface area contributed by atoms with Gasteiger partial charge >= 0.3 is 5.97 Å². The maximum absolute atomic E-state index is 12.4. The van der Waals surface area contributed by atoms with Gasteiger partial charge in [-0.15, -0.1) is 0 Å². The van der Waals surface area contributed by atoms with Gasteiger partial charge in [-0.1, -0.05) is 48.5 Å². The average Bonchev–Trinajstić information content (AvgIpc) is 2.89. The second kappa shape index (κ2) is 5.55. The zero-order valence-electron chi connectivity index (χ0n) is 12.3. The molecule has 0 bridgehead atoms. The molecular weight excluding hydrogens is 280 g/mol. The van der Waals surface area contributed by atoms with Crippen molar-refractivity contribution in [1.82, 2.24) is 0 Å². The second-order valence-electron chi connectivity index (χ2n) is 5.84. The Bertz CT molecular complexity index is 658. The number of hydrogen-bond acceptors (Lipinski definition) is 4. The average molecular weight is 298 g/mol. The summed E-state index contributed by atoms with van der Waals surface area (Å²) in [5, 5.41) is 18.7. The molecule has 3 rings (SSSR count). The number of ether oxygens (including phenoxy) is 1. The number of esters is 1. The van der Waals surface area contributed by atoms with E-state index in [2.05, 4.69) is 0 Å². The Kier molecular flexibility index (Phi) is 3.72. The highest BCUT2D eigenvalue weighted by Crippen LogP contribution is 2.45. The Balaban J connectivity index is 2.00. The van der Waals surface area contributed by atoms with Gasteiger partial charge in [0.2, 0.25) is 0 Å². The van der Waals surface area contributed by atoms with Gasteiger partial charge in [-0.3, -0.25) is 4.79 Å². The first kappa shape index (κ1) is 14.8. The van der Waals surface area contributed by atoms with Crippen molar-refractivity contribution in [2.75, 3.05) is 13.2 Å². The first-order valence-corrected chi connectivity index (χ1v) is 7.22. The first-order valence-electron chi connectivity index (χ1n) is 7.22. The lowest BCUT2D eigenvalue weighted by molar-refractivity contribution is -0.164. The Hall–Kier alpha value is -2.17. The minimum atomic E-state index is -1.30. The van der Waals surface area contributed by atoms with Crippen molar-refractivity contribution in [2.24, 2.45) is 5.41 Å². The van der Waals surface area contributed by atoms with Gasteiger partial charge in [0.15, 0.2) is 6.10 Å². The van der Waals surface area contributed by atoms with Crippen molar-refractivity contribution >= 4 is 5.97 Å². The number of aliphatic hydroxyl groups excluding tert-OH is 2. The highest BCUT2D eigenvalue weighted by Gasteiger charge is 2.38. The maximum Gasteiger partial charge on any atom is 0.317 e. The molecule has 22 heavy (non-hydrogen) atoms. The maximum atomic E-state index is 12.4. The van der Waals surface area contributed by atoms with Crippen LogP contribution in [-0.2, 0) is 9.53 Å². The van der Waals surface area contributed by atoms with Crippen LogP contribution in [0.15, 0.2) is 48.5 Å². The molecule has 0 saturated heterocycles. The molecule has 2 N–H and O–H groups in total. The van der Waals surface area contributed by atoms with Crippen LogP contribution in [0.3, 0.4) is 0 Å². The molecule has 0 spiro atoms. The summed E-state index contributed by atoms with van der Waals surface area (Å²) < 4.78 is 5.65. The van der Waals surface area contributed by atoms with Crippen LogP contribution in [0.4, 0.5) is 0 Å². The molecule has 0 amide bonds. The quantitative estimate of drug-likeness (QED) is 0.850. The predicted octanol–water partition coefficient (Wildman–Crippen LogP) is 2.29. The molecule has 1 aliphatic rings. The molecule has 0 aliphatic heterocycles. The fraction of sp³-hybridized carbons (Fsp3) is 0.278. The van der Waals surface area contributed by atoms with Crippen molar-refractivity contribution in [2.45, 2.75) is 13.0 Å². The van der Waals surface area contributed by atoms with Crippen LogP contribution in [-0.4, -0.2) is 29.4 Å². The topological polar surface area (TPSA) is 66.8 Å². The normalized spacial score (nSPS) is 13.6. The van der Waals surface area contributed by atoms with Crippen LogP contribution in [0.1, 0.15) is 24.2 Å². The van der Waals surface area contributed by atoms with E-state index < -0.39 is 30.7 Å². The lowest BCUT2D eigenvalue weighted by Crippen LogP contribution is -2.37. The summed E-state index contributed by atoms with van der Waals surface area (Å²) in [4.78, 5) is 12.4. The van der Waals surface area contributed by atoms with Gasteiger partial charge in [0.1, 0.15) is 5.41 Å². The third-order valence-electron chi connectivity index (χ3n) is 4.19. The fourth-order valence-corrected chi connectivity index (χ4v) is 2.66. The molecule has 2 aromatic rings. The van der Waals surface area contributed by atoms with Crippen LogP contribution in [0, 0.1) is 5.41 Å². The lowest BCUT2D eigenvalue weighted by Gasteiger charge is -2.25. The van der Waals surface area contributed by atoms with Gasteiger partial charge in [0.05, 0.1) is 13.2 Å². The summed E-state index contributed by atoms with van der Waals surface area (Å²) in [6.45, 7) is 0.568. The van der Waals surface area contributed by atoms with E-state index in [1.54, 1.807) is 0 Å². The molecular formula is C18H18O4. The zero-order valence-corrected chi connectivity index (χ0v) is 12.3. The van der Waals surface area contributed by atoms with Crippen molar-refractivity contribution in [1.29, 1.82) is 0 Å². The minimum Gasteiger partial charge on any atom is -0.452 e. The van der Waals surface area contributed by atoms with E-state index >= 15 is 0 Å². The van der Waals surface area contributed by atoms with E-state index in [9.17, 15) is 15.0 Å². The molecule has 0 radical (unpaired) electrons. The molecule has 4 nitrogen and oxygen atoms in total. The van der Waals surface area contributed by atoms with Crippen molar-refractivity contribution in [3.8, 4) is 11.1 Å². The van der Waals surface area contributed by atoms with Gasteiger partial charge in [0.25, 0.3) is 0 Å². The first-order chi connectivity index (χ1) is 10.6. The molecule has 1 aliphatic carbocycles. The smallest absolute Gasteiger partial charge is 0.317 e. The number of carbonyl (C=O) groups excluding carboxylic acids is 1. The Morgan fingerprint density at radius 3 is 1.91 bits per heavy atom. The van der Waals surface area contributed by atoms with Crippen molar-refractivity contribution in [3.05, 3.63) is 59.7 Å². The van der Waals surface area contributed by atoms with E-state index in [0.29, 0.717) is 0 Å². The van der Waals surface area contributed by atoms with E-state index in [-0.39, 0.29) is 0 Å². The van der Waals surface area contributed by atoms with Gasteiger partial charge < -0.3 is 14.9 Å². The standard InChI is InChI=1S/C18H18O4/c1-18(10-19,11-20)17(21)22-16-14-8-4-2-6-12(14)13-7-3-5-9-15(13)16/h2-9,16,19-20H,10-11H2,1H3. The zero-order chi connectivity index (χ0) is 15.7. The molecule has 0 atom stereocenters. The summed E-state index contributed by atoms with van der Waals surface area (Å²) in [6, 6.07) is 15.6. The molecule has 4 heteroatoms. The van der Waals surface area contributed by atoms with E-state index in [1.165, 1.54) is 6.92 Å². The third kappa shape index (κ3) is 2.21. The molecule has 2 aromatic carbocycles. The van der Waals surface area contributed by atoms with Gasteiger partial charge in [-0.25, -0.2) is 0 Å². The highest BCUT2D eigenvalue weighted by atomic mass is 16.5. The summed E-state index contributed by atoms with van der Waals surface area (Å²) in [7, 11) is 0. The number of rotatable bonds is 4. The minimum absolute atomic E-state index is 0.460. The van der Waals surface area contributed by atoms with Crippen LogP contribution < -0.4 is 0 Å². The summed E-state index contributed by atoms with van der Waals surface area (Å²) >= 11 is 0. The van der Waals surface area contributed by atoms with Gasteiger partial charge in [-0.2, -0.15) is 0 Å². The van der Waals surface area contributed by atoms with Crippen molar-refractivity contribution in [3.63, 3.8) is 0 Å². The second-order valence-corrected chi connectivity index (χ2v) is 5.84. The monoisotopic (exact) mass is 298 g/mol. The number of fused-ring (bicyclic) bond motifs is 3. The molecule has 0 aromatic heterocycles. The number of aliphatic hydroxyl groups is 2. The number of carbonyl (C=O) groups is 1. The highest BCUT2D eigenvalue weighted by molar-refractivity contribution is 5.82. The summed E-state index contributed by atoms with van der Waals surface area (Å²) in [5.41, 5.74) is 2.65. The predicted molar refractivity (Wildman–Crippen MR) is 82.1 cm³/mol. The largest absolute Gasteiger partial charge is 0.452 e. The molecule has 0 heterocycles. The van der Waals surface area contributed by atoms with Crippen molar-refractivity contribution < 1.29 is 19.7 Å². The molecule has 114 valence electrons. The summed E-state index contributed by atoms with van der Waals surface area (Å²) in [5.74, 6) is -0.603.